The molecule has 0 spiro atoms. The van der Waals surface area contributed by atoms with Gasteiger partial charge in [0.2, 0.25) is 0 Å². The minimum atomic E-state index is 0.679. The Morgan fingerprint density at radius 1 is 0.458 bits per heavy atom. The molecule has 0 bridgehead atoms. The van der Waals surface area contributed by atoms with Crippen LogP contribution in [0.5, 0.6) is 0 Å². The minimum absolute atomic E-state index is 0.679. The topological polar surface area (TPSA) is 38.9 Å². The van der Waals surface area contributed by atoms with Gasteiger partial charge in [-0.2, -0.15) is 0 Å². The van der Waals surface area contributed by atoms with Gasteiger partial charge in [0.1, 0.15) is 11.2 Å². The number of fused-ring (bicyclic) bond motifs is 7. The summed E-state index contributed by atoms with van der Waals surface area (Å²) in [6.07, 6.45) is 0. The molecule has 0 saturated carbocycles. The number of rotatable bonds is 4. The predicted molar refractivity (Wildman–Crippen MR) is 201 cm³/mol. The normalized spacial score (nSPS) is 11.8. The quantitative estimate of drug-likeness (QED) is 0.194. The van der Waals surface area contributed by atoms with E-state index in [0.29, 0.717) is 5.82 Å². The monoisotopic (exact) mass is 630 g/mol. The zero-order chi connectivity index (χ0) is 31.6. The Kier molecular flexibility index (Phi) is 6.05. The molecule has 4 heteroatoms. The molecule has 0 radical (unpaired) electrons. The fourth-order valence-corrected chi connectivity index (χ4v) is 8.11. The van der Waals surface area contributed by atoms with Gasteiger partial charge in [-0.15, -0.1) is 11.3 Å². The summed E-state index contributed by atoms with van der Waals surface area (Å²) in [7, 11) is 0. The summed E-state index contributed by atoms with van der Waals surface area (Å²) in [5.74, 6) is 0.679. The maximum atomic E-state index is 6.70. The lowest BCUT2D eigenvalue weighted by Crippen LogP contribution is -1.94. The first-order chi connectivity index (χ1) is 23.8. The number of hydrogen-bond acceptors (Lipinski definition) is 4. The molecule has 0 aliphatic carbocycles. The van der Waals surface area contributed by atoms with Crippen LogP contribution in [0.3, 0.4) is 0 Å². The molecule has 0 fully saturated rings. The maximum Gasteiger partial charge on any atom is 0.160 e. The van der Waals surface area contributed by atoms with Crippen LogP contribution in [-0.2, 0) is 0 Å². The van der Waals surface area contributed by atoms with Crippen LogP contribution < -0.4 is 0 Å². The van der Waals surface area contributed by atoms with Crippen molar-refractivity contribution in [3.8, 4) is 44.9 Å². The number of nitrogens with zero attached hydrogens (tertiary/aromatic N) is 2. The van der Waals surface area contributed by atoms with Crippen molar-refractivity contribution in [2.24, 2.45) is 0 Å². The molecule has 0 aliphatic heterocycles. The molecule has 3 aromatic heterocycles. The van der Waals surface area contributed by atoms with Crippen LogP contribution >= 0.6 is 11.3 Å². The fourth-order valence-electron chi connectivity index (χ4n) is 6.96. The number of benzene rings is 7. The van der Waals surface area contributed by atoms with Crippen molar-refractivity contribution in [2.75, 3.05) is 0 Å². The molecular weight excluding hydrogens is 605 g/mol. The highest BCUT2D eigenvalue weighted by molar-refractivity contribution is 7.26. The van der Waals surface area contributed by atoms with Crippen molar-refractivity contribution >= 4 is 64.4 Å². The van der Waals surface area contributed by atoms with Gasteiger partial charge in [0.15, 0.2) is 5.82 Å². The predicted octanol–water partition coefficient (Wildman–Crippen LogP) is 12.6. The Hall–Kier alpha value is -6.10. The first-order valence-corrected chi connectivity index (χ1v) is 16.9. The molecule has 3 nitrogen and oxygen atoms in total. The van der Waals surface area contributed by atoms with E-state index in [-0.39, 0.29) is 0 Å². The van der Waals surface area contributed by atoms with Gasteiger partial charge in [0.25, 0.3) is 0 Å². The second-order valence-corrected chi connectivity index (χ2v) is 13.2. The van der Waals surface area contributed by atoms with Crippen molar-refractivity contribution in [1.29, 1.82) is 0 Å². The zero-order valence-electron chi connectivity index (χ0n) is 25.7. The van der Waals surface area contributed by atoms with Gasteiger partial charge < -0.3 is 4.42 Å². The van der Waals surface area contributed by atoms with E-state index < -0.39 is 0 Å². The largest absolute Gasteiger partial charge is 0.456 e. The SMILES string of the molecule is c1ccc(-c2cccc(-c3cc(-c4nc(-c5ccccc5)c5sc6ccccc6c5n4)cc4oc5cc6ccccc6cc5c34)c2)cc1. The standard InChI is InChI=1S/C44H26N2OS/c1-3-12-27(13-4-1)29-18-11-19-32(22-29)35-24-33(26-38-40(35)36-23-30-16-7-8-17-31(30)25-37(36)47-38)44-45-41(28-14-5-2-6-15-28)43-42(46-44)34-20-9-10-21-39(34)48-43/h1-26H. The van der Waals surface area contributed by atoms with Crippen molar-refractivity contribution in [1.82, 2.24) is 9.97 Å². The summed E-state index contributed by atoms with van der Waals surface area (Å²) < 4.78 is 9.00. The number of aromatic nitrogens is 2. The average Bonchev–Trinajstić information content (AvgIpc) is 3.71. The molecule has 0 unspecified atom stereocenters. The maximum absolute atomic E-state index is 6.70. The summed E-state index contributed by atoms with van der Waals surface area (Å²) in [4.78, 5) is 10.6. The number of furan rings is 1. The van der Waals surface area contributed by atoms with E-state index in [9.17, 15) is 0 Å². The lowest BCUT2D eigenvalue weighted by molar-refractivity contribution is 0.669. The van der Waals surface area contributed by atoms with Crippen LogP contribution in [0.25, 0.3) is 97.9 Å². The highest BCUT2D eigenvalue weighted by atomic mass is 32.1. The molecule has 7 aromatic carbocycles. The van der Waals surface area contributed by atoms with Crippen LogP contribution in [0, 0.1) is 0 Å². The van der Waals surface area contributed by atoms with Gasteiger partial charge >= 0.3 is 0 Å². The molecule has 0 N–H and O–H groups in total. The van der Waals surface area contributed by atoms with E-state index in [0.717, 1.165) is 70.9 Å². The molecular formula is C44H26N2OS. The fraction of sp³-hybridized carbons (Fsp3) is 0. The lowest BCUT2D eigenvalue weighted by Gasteiger charge is -2.11. The number of hydrogen-bond donors (Lipinski definition) is 0. The van der Waals surface area contributed by atoms with Crippen molar-refractivity contribution in [3.05, 3.63) is 158 Å². The van der Waals surface area contributed by atoms with Gasteiger partial charge in [-0.1, -0.05) is 121 Å². The van der Waals surface area contributed by atoms with Crippen molar-refractivity contribution in [2.45, 2.75) is 0 Å². The first-order valence-electron chi connectivity index (χ1n) is 16.1. The molecule has 10 aromatic rings. The summed E-state index contributed by atoms with van der Waals surface area (Å²) in [6, 6.07) is 55.5. The minimum Gasteiger partial charge on any atom is -0.456 e. The van der Waals surface area contributed by atoms with E-state index in [1.807, 2.05) is 6.07 Å². The third-order valence-electron chi connectivity index (χ3n) is 9.25. The molecule has 3 heterocycles. The highest BCUT2D eigenvalue weighted by Gasteiger charge is 2.20. The van der Waals surface area contributed by atoms with Crippen LogP contribution in [0.15, 0.2) is 162 Å². The van der Waals surface area contributed by atoms with Crippen LogP contribution in [0.1, 0.15) is 0 Å². The molecule has 224 valence electrons. The smallest absolute Gasteiger partial charge is 0.160 e. The zero-order valence-corrected chi connectivity index (χ0v) is 26.5. The van der Waals surface area contributed by atoms with Gasteiger partial charge in [-0.25, -0.2) is 9.97 Å². The Bertz CT molecular complexity index is 2830. The van der Waals surface area contributed by atoms with E-state index in [1.54, 1.807) is 11.3 Å². The Labute approximate surface area is 280 Å². The lowest BCUT2D eigenvalue weighted by atomic mass is 9.93. The summed E-state index contributed by atoms with van der Waals surface area (Å²) in [5, 5.41) is 5.68. The summed E-state index contributed by atoms with van der Waals surface area (Å²) in [6.45, 7) is 0. The average molecular weight is 631 g/mol. The Balaban J connectivity index is 1.28. The Morgan fingerprint density at radius 3 is 1.98 bits per heavy atom. The van der Waals surface area contributed by atoms with E-state index in [1.165, 1.54) is 21.2 Å². The van der Waals surface area contributed by atoms with Gasteiger partial charge in [0.05, 0.1) is 15.9 Å². The van der Waals surface area contributed by atoms with Crippen LogP contribution in [-0.4, -0.2) is 9.97 Å². The molecule has 48 heavy (non-hydrogen) atoms. The molecule has 0 saturated heterocycles. The molecule has 0 amide bonds. The third-order valence-corrected chi connectivity index (χ3v) is 10.4. The van der Waals surface area contributed by atoms with Gasteiger partial charge in [0, 0.05) is 32.0 Å². The van der Waals surface area contributed by atoms with E-state index >= 15 is 0 Å². The third kappa shape index (κ3) is 4.34. The second kappa shape index (κ2) is 10.7. The molecule has 10 rings (SSSR count). The number of thiophene rings is 1. The van der Waals surface area contributed by atoms with Gasteiger partial charge in [-0.05, 0) is 69.4 Å². The highest BCUT2D eigenvalue weighted by Crippen LogP contribution is 2.43. The van der Waals surface area contributed by atoms with Crippen LogP contribution in [0.4, 0.5) is 0 Å². The van der Waals surface area contributed by atoms with Crippen molar-refractivity contribution in [3.63, 3.8) is 0 Å². The summed E-state index contributed by atoms with van der Waals surface area (Å²) in [5.41, 5.74) is 10.1. The summed E-state index contributed by atoms with van der Waals surface area (Å²) >= 11 is 1.75. The van der Waals surface area contributed by atoms with Crippen LogP contribution in [0.2, 0.25) is 0 Å². The molecule has 0 atom stereocenters. The Morgan fingerprint density at radius 2 is 1.15 bits per heavy atom. The second-order valence-electron chi connectivity index (χ2n) is 12.2. The van der Waals surface area contributed by atoms with E-state index in [4.69, 9.17) is 14.4 Å². The van der Waals surface area contributed by atoms with E-state index in [2.05, 4.69) is 152 Å². The van der Waals surface area contributed by atoms with Gasteiger partial charge in [-0.3, -0.25) is 0 Å². The first kappa shape index (κ1) is 27.1. The van der Waals surface area contributed by atoms with Crippen molar-refractivity contribution < 1.29 is 4.42 Å². The molecule has 0 aliphatic rings.